The van der Waals surface area contributed by atoms with Gasteiger partial charge in [0.25, 0.3) is 0 Å². The van der Waals surface area contributed by atoms with Gasteiger partial charge in [0.1, 0.15) is 11.6 Å². The number of nitrogens with one attached hydrogen (secondary N) is 2. The Bertz CT molecular complexity index is 1130. The van der Waals surface area contributed by atoms with Gasteiger partial charge < -0.3 is 15.4 Å². The fourth-order valence-electron chi connectivity index (χ4n) is 3.91. The molecule has 0 radical (unpaired) electrons. The van der Waals surface area contributed by atoms with E-state index in [0.29, 0.717) is 26.3 Å². The largest absolute Gasteiger partial charge is 0.379 e. The van der Waals surface area contributed by atoms with Gasteiger partial charge >= 0.3 is 11.8 Å². The van der Waals surface area contributed by atoms with Crippen molar-refractivity contribution < 1.29 is 23.1 Å². The van der Waals surface area contributed by atoms with E-state index in [0.717, 1.165) is 34.5 Å². The van der Waals surface area contributed by atoms with Crippen LogP contribution in [0.25, 0.3) is 10.8 Å². The quantitative estimate of drug-likeness (QED) is 0.599. The Labute approximate surface area is 184 Å². The summed E-state index contributed by atoms with van der Waals surface area (Å²) >= 11 is 0. The number of benzene rings is 3. The molecule has 0 bridgehead atoms. The van der Waals surface area contributed by atoms with Crippen LogP contribution in [0.1, 0.15) is 11.6 Å². The Balaban J connectivity index is 1.52. The number of amides is 2. The smallest absolute Gasteiger partial charge is 0.313 e. The topological polar surface area (TPSA) is 70.7 Å². The van der Waals surface area contributed by atoms with E-state index in [1.165, 1.54) is 0 Å². The highest BCUT2D eigenvalue weighted by atomic mass is 19.1. The van der Waals surface area contributed by atoms with Crippen LogP contribution in [0.4, 0.5) is 14.5 Å². The summed E-state index contributed by atoms with van der Waals surface area (Å²) in [5.74, 6) is -3.53. The Kier molecular flexibility index (Phi) is 6.72. The molecule has 2 amide bonds. The molecule has 0 unspecified atom stereocenters. The van der Waals surface area contributed by atoms with Crippen LogP contribution >= 0.6 is 0 Å². The molecule has 4 rings (SSSR count). The molecule has 6 nitrogen and oxygen atoms in total. The first-order valence-corrected chi connectivity index (χ1v) is 10.4. The molecular formula is C24H23F2N3O3. The van der Waals surface area contributed by atoms with Crippen molar-refractivity contribution >= 4 is 28.3 Å². The van der Waals surface area contributed by atoms with E-state index >= 15 is 0 Å². The number of hydrogen-bond acceptors (Lipinski definition) is 4. The number of nitrogens with zero attached hydrogens (tertiary/aromatic N) is 1. The van der Waals surface area contributed by atoms with E-state index in [-0.39, 0.29) is 18.3 Å². The van der Waals surface area contributed by atoms with Gasteiger partial charge in [0, 0.05) is 25.7 Å². The van der Waals surface area contributed by atoms with Crippen LogP contribution in [0.5, 0.6) is 0 Å². The molecule has 3 aromatic carbocycles. The number of anilines is 1. The maximum absolute atomic E-state index is 13.8. The average Bonchev–Trinajstić information content (AvgIpc) is 2.82. The van der Waals surface area contributed by atoms with Crippen molar-refractivity contribution in [2.24, 2.45) is 0 Å². The molecule has 166 valence electrons. The summed E-state index contributed by atoms with van der Waals surface area (Å²) in [6, 6.07) is 16.4. The second-order valence-corrected chi connectivity index (χ2v) is 7.52. The number of halogens is 2. The van der Waals surface area contributed by atoms with E-state index < -0.39 is 23.4 Å². The van der Waals surface area contributed by atoms with E-state index in [1.54, 1.807) is 0 Å². The van der Waals surface area contributed by atoms with E-state index in [9.17, 15) is 18.4 Å². The van der Waals surface area contributed by atoms with Gasteiger partial charge in [-0.2, -0.15) is 0 Å². The summed E-state index contributed by atoms with van der Waals surface area (Å²) < 4.78 is 32.6. The molecular weight excluding hydrogens is 416 g/mol. The number of hydrogen-bond donors (Lipinski definition) is 2. The Hall–Kier alpha value is -3.36. The second-order valence-electron chi connectivity index (χ2n) is 7.52. The second kappa shape index (κ2) is 9.84. The van der Waals surface area contributed by atoms with Crippen molar-refractivity contribution in [2.75, 3.05) is 38.2 Å². The molecule has 1 heterocycles. The normalized spacial score (nSPS) is 15.3. The zero-order chi connectivity index (χ0) is 22.5. The number of ether oxygens (including phenoxy) is 1. The minimum absolute atomic E-state index is 0.173. The van der Waals surface area contributed by atoms with Crippen LogP contribution < -0.4 is 10.6 Å². The number of morpholine rings is 1. The highest BCUT2D eigenvalue weighted by molar-refractivity contribution is 6.39. The minimum atomic E-state index is -1.06. The molecule has 2 N–H and O–H groups in total. The van der Waals surface area contributed by atoms with Gasteiger partial charge in [-0.3, -0.25) is 14.5 Å². The van der Waals surface area contributed by atoms with Crippen molar-refractivity contribution in [2.45, 2.75) is 6.04 Å². The summed E-state index contributed by atoms with van der Waals surface area (Å²) in [5, 5.41) is 6.91. The molecule has 1 fully saturated rings. The summed E-state index contributed by atoms with van der Waals surface area (Å²) in [6.07, 6.45) is 0. The molecule has 3 aromatic rings. The lowest BCUT2D eigenvalue weighted by Crippen LogP contribution is -2.45. The Morgan fingerprint density at radius 3 is 2.53 bits per heavy atom. The third kappa shape index (κ3) is 4.92. The molecule has 0 aromatic heterocycles. The third-order valence-electron chi connectivity index (χ3n) is 5.51. The molecule has 32 heavy (non-hydrogen) atoms. The Morgan fingerprint density at radius 1 is 0.969 bits per heavy atom. The maximum atomic E-state index is 13.8. The summed E-state index contributed by atoms with van der Waals surface area (Å²) in [7, 11) is 0. The summed E-state index contributed by atoms with van der Waals surface area (Å²) in [6.45, 7) is 2.70. The van der Waals surface area contributed by atoms with Crippen molar-refractivity contribution in [1.29, 1.82) is 0 Å². The van der Waals surface area contributed by atoms with Crippen LogP contribution in [-0.2, 0) is 14.3 Å². The first-order chi connectivity index (χ1) is 15.5. The van der Waals surface area contributed by atoms with Crippen molar-refractivity contribution in [3.05, 3.63) is 77.9 Å². The van der Waals surface area contributed by atoms with Crippen LogP contribution in [0.2, 0.25) is 0 Å². The molecule has 0 aliphatic carbocycles. The zero-order valence-electron chi connectivity index (χ0n) is 17.3. The molecule has 0 spiro atoms. The molecule has 1 saturated heterocycles. The van der Waals surface area contributed by atoms with Crippen molar-refractivity contribution in [3.8, 4) is 0 Å². The SMILES string of the molecule is O=C(NC[C@H](c1cccc2ccccc12)N1CCOCC1)C(=O)Nc1cc(F)ccc1F. The van der Waals surface area contributed by atoms with Gasteiger partial charge in [0.15, 0.2) is 0 Å². The van der Waals surface area contributed by atoms with E-state index in [4.69, 9.17) is 4.74 Å². The average molecular weight is 439 g/mol. The minimum Gasteiger partial charge on any atom is -0.379 e. The third-order valence-corrected chi connectivity index (χ3v) is 5.51. The molecule has 0 saturated carbocycles. The number of rotatable bonds is 5. The predicted molar refractivity (Wildman–Crippen MR) is 117 cm³/mol. The van der Waals surface area contributed by atoms with Crippen molar-refractivity contribution in [1.82, 2.24) is 10.2 Å². The van der Waals surface area contributed by atoms with Gasteiger partial charge in [0.2, 0.25) is 0 Å². The summed E-state index contributed by atoms with van der Waals surface area (Å²) in [4.78, 5) is 26.9. The molecule has 1 atom stereocenters. The van der Waals surface area contributed by atoms with Gasteiger partial charge in [-0.15, -0.1) is 0 Å². The van der Waals surface area contributed by atoms with Gasteiger partial charge in [-0.05, 0) is 28.5 Å². The number of carbonyl (C=O) groups is 2. The molecule has 8 heteroatoms. The van der Waals surface area contributed by atoms with Crippen LogP contribution in [0.3, 0.4) is 0 Å². The van der Waals surface area contributed by atoms with Crippen molar-refractivity contribution in [3.63, 3.8) is 0 Å². The van der Waals surface area contributed by atoms with E-state index in [1.807, 2.05) is 42.5 Å². The molecule has 1 aliphatic heterocycles. The number of fused-ring (bicyclic) bond motifs is 1. The fraction of sp³-hybridized carbons (Fsp3) is 0.250. The van der Waals surface area contributed by atoms with E-state index in [2.05, 4.69) is 15.5 Å². The lowest BCUT2D eigenvalue weighted by Gasteiger charge is -2.35. The first kappa shape index (κ1) is 21.9. The highest BCUT2D eigenvalue weighted by Gasteiger charge is 2.26. The molecule has 1 aliphatic rings. The lowest BCUT2D eigenvalue weighted by molar-refractivity contribution is -0.136. The van der Waals surface area contributed by atoms with Gasteiger partial charge in [-0.25, -0.2) is 8.78 Å². The first-order valence-electron chi connectivity index (χ1n) is 10.4. The maximum Gasteiger partial charge on any atom is 0.313 e. The highest BCUT2D eigenvalue weighted by Crippen LogP contribution is 2.28. The predicted octanol–water partition coefficient (Wildman–Crippen LogP) is 3.25. The zero-order valence-corrected chi connectivity index (χ0v) is 17.3. The fourth-order valence-corrected chi connectivity index (χ4v) is 3.91. The Morgan fingerprint density at radius 2 is 1.72 bits per heavy atom. The monoisotopic (exact) mass is 439 g/mol. The summed E-state index contributed by atoms with van der Waals surface area (Å²) in [5.41, 5.74) is 0.644. The van der Waals surface area contributed by atoms with Gasteiger partial charge in [-0.1, -0.05) is 42.5 Å². The number of carbonyl (C=O) groups excluding carboxylic acids is 2. The van der Waals surface area contributed by atoms with Gasteiger partial charge in [0.05, 0.1) is 24.9 Å². The van der Waals surface area contributed by atoms with Crippen LogP contribution in [0.15, 0.2) is 60.7 Å². The van der Waals surface area contributed by atoms with Crippen LogP contribution in [-0.4, -0.2) is 49.6 Å². The standard InChI is InChI=1S/C24H23F2N3O3/c25-17-8-9-20(26)21(14-17)28-24(31)23(30)27-15-22(29-10-12-32-13-11-29)19-7-3-5-16-4-1-2-6-18(16)19/h1-9,14,22H,10-13,15H2,(H,27,30)(H,28,31)/t22-/m1/s1. The van der Waals surface area contributed by atoms with Crippen LogP contribution in [0, 0.1) is 11.6 Å². The lowest BCUT2D eigenvalue weighted by atomic mass is 9.97.